The number of carbonyl (C=O) groups is 1. The Hall–Kier alpha value is -4.40. The molecule has 0 aliphatic rings. The van der Waals surface area contributed by atoms with Gasteiger partial charge in [-0.2, -0.15) is 0 Å². The summed E-state index contributed by atoms with van der Waals surface area (Å²) in [5, 5.41) is 11.0. The number of H-pyrrole nitrogens is 1. The summed E-state index contributed by atoms with van der Waals surface area (Å²) in [6, 6.07) is 9.79. The molecular weight excluding hydrogens is 416 g/mol. The molecule has 9 nitrogen and oxygen atoms in total. The highest BCUT2D eigenvalue weighted by molar-refractivity contribution is 6.02. The zero-order chi connectivity index (χ0) is 23.1. The first-order valence-corrected chi connectivity index (χ1v) is 10.5. The molecule has 0 bridgehead atoms. The Labute approximate surface area is 189 Å². The van der Waals surface area contributed by atoms with Crippen molar-refractivity contribution in [3.05, 3.63) is 60.2 Å². The van der Waals surface area contributed by atoms with Gasteiger partial charge in [0.25, 0.3) is 0 Å². The van der Waals surface area contributed by atoms with Gasteiger partial charge in [-0.3, -0.25) is 14.8 Å². The van der Waals surface area contributed by atoms with Crippen molar-refractivity contribution in [2.75, 3.05) is 5.32 Å². The molecule has 5 rings (SSSR count). The van der Waals surface area contributed by atoms with Gasteiger partial charge in [0.2, 0.25) is 5.91 Å². The second-order valence-corrected chi connectivity index (χ2v) is 7.97. The number of carbonyl (C=O) groups excluding carboxylic acids is 1. The van der Waals surface area contributed by atoms with Crippen molar-refractivity contribution in [3.8, 4) is 33.8 Å². The lowest BCUT2D eigenvalue weighted by Gasteiger charge is -2.07. The van der Waals surface area contributed by atoms with E-state index in [2.05, 4.69) is 30.6 Å². The minimum atomic E-state index is -0.178. The monoisotopic (exact) mass is 438 g/mol. The number of anilines is 1. The smallest absolute Gasteiger partial charge is 0.222 e. The molecular formula is C24H22N8O. The summed E-state index contributed by atoms with van der Waals surface area (Å²) < 4.78 is 1.74. The first kappa shape index (κ1) is 20.5. The quantitative estimate of drug-likeness (QED) is 0.437. The third-order valence-electron chi connectivity index (χ3n) is 5.42. The summed E-state index contributed by atoms with van der Waals surface area (Å²) >= 11 is 0. The second-order valence-electron chi connectivity index (χ2n) is 7.97. The zero-order valence-corrected chi connectivity index (χ0v) is 18.7. The van der Waals surface area contributed by atoms with Gasteiger partial charge in [0, 0.05) is 43.7 Å². The van der Waals surface area contributed by atoms with Crippen LogP contribution in [-0.2, 0) is 11.8 Å². The lowest BCUT2D eigenvalue weighted by atomic mass is 10.0. The normalized spacial score (nSPS) is 11.2. The molecule has 0 spiro atoms. The van der Waals surface area contributed by atoms with Crippen LogP contribution in [0.15, 0.2) is 48.9 Å². The minimum Gasteiger partial charge on any atom is -0.353 e. The largest absolute Gasteiger partial charge is 0.353 e. The number of nitrogens with one attached hydrogen (secondary N) is 2. The van der Waals surface area contributed by atoms with Gasteiger partial charge in [0.15, 0.2) is 0 Å². The number of fused-ring (bicyclic) bond motifs is 1. The van der Waals surface area contributed by atoms with Crippen molar-refractivity contribution in [2.45, 2.75) is 20.8 Å². The molecule has 9 heteroatoms. The van der Waals surface area contributed by atoms with E-state index >= 15 is 0 Å². The van der Waals surface area contributed by atoms with Crippen molar-refractivity contribution in [1.29, 1.82) is 0 Å². The van der Waals surface area contributed by atoms with Crippen LogP contribution in [0.4, 0.5) is 5.82 Å². The van der Waals surface area contributed by atoms with Crippen LogP contribution >= 0.6 is 0 Å². The van der Waals surface area contributed by atoms with Crippen LogP contribution in [0, 0.1) is 13.8 Å². The SMILES string of the molecule is CC(=O)Nc1cc(-c2[nH]c3cc(-c4c(C)nnn4C)cnc3c2-c2ccc(C)cn2)ccn1. The first-order chi connectivity index (χ1) is 15.9. The molecule has 0 fully saturated rings. The summed E-state index contributed by atoms with van der Waals surface area (Å²) in [6.07, 6.45) is 5.34. The maximum absolute atomic E-state index is 11.5. The average molecular weight is 438 g/mol. The van der Waals surface area contributed by atoms with Gasteiger partial charge in [0.05, 0.1) is 39.4 Å². The number of hydrogen-bond acceptors (Lipinski definition) is 6. The molecule has 33 heavy (non-hydrogen) atoms. The van der Waals surface area contributed by atoms with E-state index in [0.717, 1.165) is 56.1 Å². The molecule has 0 aromatic carbocycles. The summed E-state index contributed by atoms with van der Waals surface area (Å²) in [5.74, 6) is 0.301. The van der Waals surface area contributed by atoms with Crippen LogP contribution in [0.25, 0.3) is 44.8 Å². The fourth-order valence-electron chi connectivity index (χ4n) is 3.98. The fourth-order valence-corrected chi connectivity index (χ4v) is 3.98. The Morgan fingerprint density at radius 3 is 2.58 bits per heavy atom. The molecule has 0 radical (unpaired) electrons. The third-order valence-corrected chi connectivity index (χ3v) is 5.42. The molecule has 164 valence electrons. The Morgan fingerprint density at radius 1 is 1.03 bits per heavy atom. The van der Waals surface area contributed by atoms with Crippen LogP contribution in [0.1, 0.15) is 18.2 Å². The number of aromatic amines is 1. The van der Waals surface area contributed by atoms with Crippen LogP contribution in [0.2, 0.25) is 0 Å². The molecule has 5 heterocycles. The molecule has 0 atom stereocenters. The highest BCUT2D eigenvalue weighted by Gasteiger charge is 2.20. The highest BCUT2D eigenvalue weighted by Crippen LogP contribution is 2.38. The topological polar surface area (TPSA) is 114 Å². The summed E-state index contributed by atoms with van der Waals surface area (Å²) in [4.78, 5) is 28.8. The van der Waals surface area contributed by atoms with Crippen molar-refractivity contribution in [3.63, 3.8) is 0 Å². The highest BCUT2D eigenvalue weighted by atomic mass is 16.1. The van der Waals surface area contributed by atoms with Crippen LogP contribution in [-0.4, -0.2) is 40.8 Å². The third kappa shape index (κ3) is 3.73. The molecule has 1 amide bonds. The van der Waals surface area contributed by atoms with Crippen LogP contribution in [0.5, 0.6) is 0 Å². The minimum absolute atomic E-state index is 0.178. The van der Waals surface area contributed by atoms with Gasteiger partial charge in [0.1, 0.15) is 5.82 Å². The van der Waals surface area contributed by atoms with Gasteiger partial charge in [-0.15, -0.1) is 5.10 Å². The molecule has 0 unspecified atom stereocenters. The Balaban J connectivity index is 1.74. The van der Waals surface area contributed by atoms with Gasteiger partial charge in [-0.25, -0.2) is 9.67 Å². The molecule has 0 aliphatic carbocycles. The maximum atomic E-state index is 11.5. The lowest BCUT2D eigenvalue weighted by Crippen LogP contribution is -2.07. The lowest BCUT2D eigenvalue weighted by molar-refractivity contribution is -0.114. The molecule has 0 aliphatic heterocycles. The van der Waals surface area contributed by atoms with E-state index in [1.54, 1.807) is 10.9 Å². The van der Waals surface area contributed by atoms with Gasteiger partial charge in [-0.1, -0.05) is 11.3 Å². The average Bonchev–Trinajstić information content (AvgIpc) is 3.33. The Bertz CT molecular complexity index is 1480. The maximum Gasteiger partial charge on any atom is 0.222 e. The molecule has 5 aromatic rings. The number of amides is 1. The van der Waals surface area contributed by atoms with Crippen molar-refractivity contribution in [2.24, 2.45) is 7.05 Å². The molecule has 0 saturated heterocycles. The van der Waals surface area contributed by atoms with Gasteiger partial charge in [-0.05, 0) is 43.7 Å². The van der Waals surface area contributed by atoms with Gasteiger partial charge < -0.3 is 10.3 Å². The standard InChI is InChI=1S/C24H22N8O/c1-13-5-6-18(26-11-13)21-22(16-7-8-25-20(10-16)28-15(3)33)29-19-9-17(12-27-23(19)21)24-14(2)30-31-32(24)4/h5-12,29H,1-4H3,(H,25,28,33). The Morgan fingerprint density at radius 2 is 1.88 bits per heavy atom. The number of hydrogen-bond donors (Lipinski definition) is 2. The van der Waals surface area contributed by atoms with E-state index in [1.165, 1.54) is 6.92 Å². The van der Waals surface area contributed by atoms with Crippen LogP contribution in [0.3, 0.4) is 0 Å². The molecule has 0 saturated carbocycles. The number of nitrogens with zero attached hydrogens (tertiary/aromatic N) is 6. The number of aryl methyl sites for hydroxylation is 3. The second kappa shape index (κ2) is 7.94. The zero-order valence-electron chi connectivity index (χ0n) is 18.7. The van der Waals surface area contributed by atoms with E-state index in [4.69, 9.17) is 4.98 Å². The molecule has 5 aromatic heterocycles. The van der Waals surface area contributed by atoms with Crippen molar-refractivity contribution < 1.29 is 4.79 Å². The first-order valence-electron chi connectivity index (χ1n) is 10.5. The van der Waals surface area contributed by atoms with E-state index in [0.29, 0.717) is 5.82 Å². The van der Waals surface area contributed by atoms with Crippen molar-refractivity contribution >= 4 is 22.8 Å². The molecule has 2 N–H and O–H groups in total. The predicted octanol–water partition coefficient (Wildman–Crippen LogP) is 4.06. The summed E-state index contributed by atoms with van der Waals surface area (Å²) in [7, 11) is 1.86. The van der Waals surface area contributed by atoms with E-state index in [9.17, 15) is 4.79 Å². The summed E-state index contributed by atoms with van der Waals surface area (Å²) in [5.41, 5.74) is 8.80. The number of aromatic nitrogens is 7. The fraction of sp³-hybridized carbons (Fsp3) is 0.167. The van der Waals surface area contributed by atoms with E-state index in [-0.39, 0.29) is 5.91 Å². The Kier molecular flexibility index (Phi) is 4.93. The number of pyridine rings is 3. The predicted molar refractivity (Wildman–Crippen MR) is 126 cm³/mol. The van der Waals surface area contributed by atoms with E-state index in [1.807, 2.05) is 63.6 Å². The summed E-state index contributed by atoms with van der Waals surface area (Å²) in [6.45, 7) is 5.39. The number of rotatable bonds is 4. The van der Waals surface area contributed by atoms with Gasteiger partial charge >= 0.3 is 0 Å². The van der Waals surface area contributed by atoms with Crippen LogP contribution < -0.4 is 5.32 Å². The van der Waals surface area contributed by atoms with E-state index < -0.39 is 0 Å². The van der Waals surface area contributed by atoms with Crippen molar-refractivity contribution in [1.82, 2.24) is 34.9 Å².